The largest absolute Gasteiger partial charge is 0.376 e. The van der Waals surface area contributed by atoms with Crippen molar-refractivity contribution >= 4 is 5.91 Å². The Morgan fingerprint density at radius 3 is 2.45 bits per heavy atom. The van der Waals surface area contributed by atoms with Gasteiger partial charge in [0.25, 0.3) is 5.91 Å². The normalized spacial score (nSPS) is 15.8. The first-order valence-corrected chi connectivity index (χ1v) is 7.88. The van der Waals surface area contributed by atoms with Crippen molar-refractivity contribution in [2.24, 2.45) is 0 Å². The number of carbonyl (C=O) groups is 1. The third kappa shape index (κ3) is 5.24. The molecule has 0 radical (unpaired) electrons. The van der Waals surface area contributed by atoms with E-state index in [1.54, 1.807) is 6.20 Å². The molecule has 1 aliphatic rings. The number of amides is 1. The van der Waals surface area contributed by atoms with Gasteiger partial charge >= 0.3 is 0 Å². The molecule has 20 heavy (non-hydrogen) atoms. The lowest BCUT2D eigenvalue weighted by Gasteiger charge is -2.27. The first-order valence-electron chi connectivity index (χ1n) is 7.88. The molecule has 0 bridgehead atoms. The average molecular weight is 277 g/mol. The molecule has 0 aliphatic carbocycles. The van der Waals surface area contributed by atoms with Crippen LogP contribution in [0.2, 0.25) is 0 Å². The van der Waals surface area contributed by atoms with E-state index in [1.807, 2.05) is 4.90 Å². The summed E-state index contributed by atoms with van der Waals surface area (Å²) in [4.78, 5) is 16.3. The van der Waals surface area contributed by atoms with Gasteiger partial charge in [0.2, 0.25) is 0 Å². The number of likely N-dealkylation sites (tertiary alicyclic amines) is 1. The van der Waals surface area contributed by atoms with Crippen LogP contribution in [-0.2, 0) is 4.79 Å². The van der Waals surface area contributed by atoms with E-state index < -0.39 is 0 Å². The highest BCUT2D eigenvalue weighted by atomic mass is 16.2. The summed E-state index contributed by atoms with van der Waals surface area (Å²) in [6.45, 7) is 7.67. The number of unbranched alkanes of at least 4 members (excludes halogenated alkanes) is 1. The lowest BCUT2D eigenvalue weighted by Crippen LogP contribution is -2.37. The first kappa shape index (κ1) is 16.6. The Morgan fingerprint density at radius 1 is 1.20 bits per heavy atom. The van der Waals surface area contributed by atoms with Crippen LogP contribution in [-0.4, -0.2) is 41.9 Å². The van der Waals surface area contributed by atoms with Gasteiger partial charge in [-0.25, -0.2) is 0 Å². The van der Waals surface area contributed by atoms with Crippen LogP contribution in [0.4, 0.5) is 0 Å². The van der Waals surface area contributed by atoms with Gasteiger partial charge in [0, 0.05) is 32.4 Å². The average Bonchev–Trinajstić information content (AvgIpc) is 2.50. The van der Waals surface area contributed by atoms with E-state index >= 15 is 0 Å². The molecule has 1 saturated heterocycles. The molecule has 4 nitrogen and oxygen atoms in total. The van der Waals surface area contributed by atoms with Gasteiger partial charge < -0.3 is 9.80 Å². The fourth-order valence-corrected chi connectivity index (χ4v) is 2.47. The molecule has 1 amide bonds. The molecule has 1 fully saturated rings. The molecule has 1 heterocycles. The van der Waals surface area contributed by atoms with E-state index in [-0.39, 0.29) is 11.5 Å². The quantitative estimate of drug-likeness (QED) is 0.531. The summed E-state index contributed by atoms with van der Waals surface area (Å²) in [7, 11) is 0. The van der Waals surface area contributed by atoms with E-state index in [9.17, 15) is 10.1 Å². The Hall–Kier alpha value is -1.50. The molecule has 1 aliphatic heterocycles. The zero-order valence-corrected chi connectivity index (χ0v) is 12.9. The molecule has 0 saturated carbocycles. The van der Waals surface area contributed by atoms with Crippen molar-refractivity contribution in [3.8, 4) is 6.07 Å². The summed E-state index contributed by atoms with van der Waals surface area (Å²) in [5.74, 6) is -0.0928. The van der Waals surface area contributed by atoms with E-state index in [0.717, 1.165) is 58.3 Å². The number of carbonyl (C=O) groups excluding carboxylic acids is 1. The Kier molecular flexibility index (Phi) is 7.79. The van der Waals surface area contributed by atoms with Gasteiger partial charge in [0.15, 0.2) is 0 Å². The van der Waals surface area contributed by atoms with Crippen molar-refractivity contribution in [2.75, 3.05) is 26.2 Å². The third-order valence-electron chi connectivity index (χ3n) is 3.62. The van der Waals surface area contributed by atoms with Crippen molar-refractivity contribution in [1.29, 1.82) is 5.26 Å². The molecular formula is C16H27N3O. The predicted octanol–water partition coefficient (Wildman–Crippen LogP) is 2.92. The second-order valence-electron chi connectivity index (χ2n) is 5.40. The van der Waals surface area contributed by atoms with E-state index in [4.69, 9.17) is 0 Å². The zero-order valence-electron chi connectivity index (χ0n) is 12.9. The summed E-state index contributed by atoms with van der Waals surface area (Å²) in [5, 5.41) is 9.28. The van der Waals surface area contributed by atoms with Gasteiger partial charge in [-0.3, -0.25) is 4.79 Å². The molecule has 112 valence electrons. The number of rotatable bonds is 7. The van der Waals surface area contributed by atoms with Crippen LogP contribution < -0.4 is 0 Å². The minimum atomic E-state index is -0.0928. The minimum Gasteiger partial charge on any atom is -0.376 e. The molecular weight excluding hydrogens is 250 g/mol. The Balaban J connectivity index is 2.71. The van der Waals surface area contributed by atoms with E-state index in [2.05, 4.69) is 24.8 Å². The van der Waals surface area contributed by atoms with E-state index in [0.29, 0.717) is 0 Å². The molecule has 0 atom stereocenters. The van der Waals surface area contributed by atoms with Gasteiger partial charge in [-0.2, -0.15) is 5.26 Å². The summed E-state index contributed by atoms with van der Waals surface area (Å²) in [6, 6.07) is 2.09. The van der Waals surface area contributed by atoms with Crippen molar-refractivity contribution in [3.63, 3.8) is 0 Å². The van der Waals surface area contributed by atoms with Crippen molar-refractivity contribution in [2.45, 2.75) is 52.4 Å². The van der Waals surface area contributed by atoms with E-state index in [1.165, 1.54) is 6.42 Å². The van der Waals surface area contributed by atoms with Gasteiger partial charge in [-0.05, 0) is 32.1 Å². The standard InChI is InChI=1S/C16H27N3O/c1-3-5-10-18(9-4-2)14-15(13-17)16(20)19-11-7-6-8-12-19/h14H,3-12H2,1-2H3/b15-14-. The van der Waals surface area contributed by atoms with Crippen LogP contribution in [0.15, 0.2) is 11.8 Å². The molecule has 0 aromatic rings. The molecule has 0 N–H and O–H groups in total. The van der Waals surface area contributed by atoms with Crippen molar-refractivity contribution in [3.05, 3.63) is 11.8 Å². The fraction of sp³-hybridized carbons (Fsp3) is 0.750. The van der Waals surface area contributed by atoms with Crippen LogP contribution in [0.1, 0.15) is 52.4 Å². The summed E-state index contributed by atoms with van der Waals surface area (Å²) in [6.07, 6.45) is 8.31. The highest BCUT2D eigenvalue weighted by molar-refractivity contribution is 5.97. The van der Waals surface area contributed by atoms with Crippen LogP contribution in [0.5, 0.6) is 0 Å². The number of nitriles is 1. The monoisotopic (exact) mass is 277 g/mol. The smallest absolute Gasteiger partial charge is 0.266 e. The number of piperidine rings is 1. The van der Waals surface area contributed by atoms with Crippen molar-refractivity contribution in [1.82, 2.24) is 9.80 Å². The van der Waals surface area contributed by atoms with Crippen LogP contribution >= 0.6 is 0 Å². The van der Waals surface area contributed by atoms with Gasteiger partial charge in [0.1, 0.15) is 11.6 Å². The maximum Gasteiger partial charge on any atom is 0.266 e. The highest BCUT2D eigenvalue weighted by Crippen LogP contribution is 2.13. The molecule has 0 aromatic carbocycles. The zero-order chi connectivity index (χ0) is 14.8. The highest BCUT2D eigenvalue weighted by Gasteiger charge is 2.20. The minimum absolute atomic E-state index is 0.0928. The molecule has 1 rings (SSSR count). The summed E-state index contributed by atoms with van der Waals surface area (Å²) >= 11 is 0. The SMILES string of the molecule is CCCCN(/C=C(/C#N)C(=O)N1CCCCC1)CCC. The van der Waals surface area contributed by atoms with Crippen LogP contribution in [0.3, 0.4) is 0 Å². The lowest BCUT2D eigenvalue weighted by molar-refractivity contribution is -0.127. The second kappa shape index (κ2) is 9.41. The van der Waals surface area contributed by atoms with Gasteiger partial charge in [0.05, 0.1) is 0 Å². The third-order valence-corrected chi connectivity index (χ3v) is 3.62. The maximum atomic E-state index is 12.4. The second-order valence-corrected chi connectivity index (χ2v) is 5.40. The Labute approximate surface area is 123 Å². The fourth-order valence-electron chi connectivity index (χ4n) is 2.47. The summed E-state index contributed by atoms with van der Waals surface area (Å²) in [5.41, 5.74) is 0.288. The van der Waals surface area contributed by atoms with Gasteiger partial charge in [-0.1, -0.05) is 20.3 Å². The number of nitrogens with zero attached hydrogens (tertiary/aromatic N) is 3. The molecule has 0 spiro atoms. The predicted molar refractivity (Wildman–Crippen MR) is 80.9 cm³/mol. The van der Waals surface area contributed by atoms with Crippen LogP contribution in [0, 0.1) is 11.3 Å². The molecule has 0 unspecified atom stereocenters. The Morgan fingerprint density at radius 2 is 1.90 bits per heavy atom. The van der Waals surface area contributed by atoms with Gasteiger partial charge in [-0.15, -0.1) is 0 Å². The summed E-state index contributed by atoms with van der Waals surface area (Å²) < 4.78 is 0. The number of hydrogen-bond donors (Lipinski definition) is 0. The van der Waals surface area contributed by atoms with Crippen LogP contribution in [0.25, 0.3) is 0 Å². The number of hydrogen-bond acceptors (Lipinski definition) is 3. The topological polar surface area (TPSA) is 47.3 Å². The first-order chi connectivity index (χ1) is 9.72. The molecule has 4 heteroatoms. The van der Waals surface area contributed by atoms with Crippen molar-refractivity contribution < 1.29 is 4.79 Å². The lowest BCUT2D eigenvalue weighted by atomic mass is 10.1. The molecule has 0 aromatic heterocycles. The maximum absolute atomic E-state index is 12.4. The Bertz CT molecular complexity index is 364.